The van der Waals surface area contributed by atoms with E-state index in [0.29, 0.717) is 26.3 Å². The Morgan fingerprint density at radius 1 is 1.12 bits per heavy atom. The molecule has 3 rings (SSSR count). The Hall–Kier alpha value is -1.85. The van der Waals surface area contributed by atoms with Gasteiger partial charge < -0.3 is 19.4 Å². The van der Waals surface area contributed by atoms with Crippen LogP contribution in [-0.2, 0) is 22.3 Å². The quantitative estimate of drug-likeness (QED) is 0.849. The SMILES string of the molecule is COCCN(CCOC)C(=O)c1ccc2[nH]c3c(c2c1)CCCC3. The van der Waals surface area contributed by atoms with Crippen LogP contribution in [0.25, 0.3) is 10.9 Å². The van der Waals surface area contributed by atoms with Crippen molar-refractivity contribution in [1.29, 1.82) is 0 Å². The Bertz CT molecular complexity index is 700. The summed E-state index contributed by atoms with van der Waals surface area (Å²) in [6, 6.07) is 6.00. The highest BCUT2D eigenvalue weighted by atomic mass is 16.5. The lowest BCUT2D eigenvalue weighted by Gasteiger charge is -2.22. The van der Waals surface area contributed by atoms with E-state index in [1.165, 1.54) is 29.5 Å². The van der Waals surface area contributed by atoms with Crippen molar-refractivity contribution in [1.82, 2.24) is 9.88 Å². The highest BCUT2D eigenvalue weighted by Gasteiger charge is 2.19. The molecule has 24 heavy (non-hydrogen) atoms. The van der Waals surface area contributed by atoms with Crippen molar-refractivity contribution in [3.8, 4) is 0 Å². The van der Waals surface area contributed by atoms with Crippen molar-refractivity contribution in [3.05, 3.63) is 35.0 Å². The topological polar surface area (TPSA) is 54.6 Å². The zero-order valence-corrected chi connectivity index (χ0v) is 14.6. The van der Waals surface area contributed by atoms with Crippen LogP contribution in [0.1, 0.15) is 34.5 Å². The Balaban J connectivity index is 1.87. The number of methoxy groups -OCH3 is 2. The maximum atomic E-state index is 12.9. The molecule has 2 aromatic rings. The van der Waals surface area contributed by atoms with E-state index in [-0.39, 0.29) is 5.91 Å². The second-order valence-corrected chi connectivity index (χ2v) is 6.33. The van der Waals surface area contributed by atoms with E-state index in [1.807, 2.05) is 18.2 Å². The molecule has 5 heteroatoms. The number of ether oxygens (including phenoxy) is 2. The molecule has 1 aliphatic carbocycles. The molecule has 0 saturated carbocycles. The van der Waals surface area contributed by atoms with E-state index < -0.39 is 0 Å². The summed E-state index contributed by atoms with van der Waals surface area (Å²) in [4.78, 5) is 18.2. The number of aromatic nitrogens is 1. The van der Waals surface area contributed by atoms with Crippen LogP contribution >= 0.6 is 0 Å². The lowest BCUT2D eigenvalue weighted by molar-refractivity contribution is 0.0627. The minimum absolute atomic E-state index is 0.0387. The summed E-state index contributed by atoms with van der Waals surface area (Å²) in [7, 11) is 3.30. The molecule has 1 heterocycles. The van der Waals surface area contributed by atoms with Crippen molar-refractivity contribution in [3.63, 3.8) is 0 Å². The molecular formula is C19H26N2O3. The van der Waals surface area contributed by atoms with Crippen molar-refractivity contribution in [2.75, 3.05) is 40.5 Å². The molecule has 0 fully saturated rings. The smallest absolute Gasteiger partial charge is 0.254 e. The van der Waals surface area contributed by atoms with Gasteiger partial charge in [-0.3, -0.25) is 4.79 Å². The summed E-state index contributed by atoms with van der Waals surface area (Å²) in [6.45, 7) is 2.19. The van der Waals surface area contributed by atoms with Crippen molar-refractivity contribution >= 4 is 16.8 Å². The van der Waals surface area contributed by atoms with Gasteiger partial charge in [0.15, 0.2) is 0 Å². The van der Waals surface area contributed by atoms with Gasteiger partial charge in [-0.05, 0) is 49.4 Å². The van der Waals surface area contributed by atoms with Gasteiger partial charge in [-0.2, -0.15) is 0 Å². The number of nitrogens with one attached hydrogen (secondary N) is 1. The Morgan fingerprint density at radius 3 is 2.54 bits per heavy atom. The van der Waals surface area contributed by atoms with E-state index in [0.717, 1.165) is 23.9 Å². The lowest BCUT2D eigenvalue weighted by atomic mass is 9.95. The van der Waals surface area contributed by atoms with E-state index >= 15 is 0 Å². The summed E-state index contributed by atoms with van der Waals surface area (Å²) in [5.74, 6) is 0.0387. The number of aryl methyl sites for hydroxylation is 2. The molecule has 130 valence electrons. The summed E-state index contributed by atoms with van der Waals surface area (Å²) in [6.07, 6.45) is 4.69. The van der Waals surface area contributed by atoms with E-state index in [9.17, 15) is 4.79 Å². The maximum Gasteiger partial charge on any atom is 0.254 e. The number of fused-ring (bicyclic) bond motifs is 3. The standard InChI is InChI=1S/C19H26N2O3/c1-23-11-9-21(10-12-24-2)19(22)14-7-8-18-16(13-14)15-5-3-4-6-17(15)20-18/h7-8,13,20H,3-6,9-12H2,1-2H3. The Morgan fingerprint density at radius 2 is 1.83 bits per heavy atom. The van der Waals surface area contributed by atoms with Crippen LogP contribution in [0.4, 0.5) is 0 Å². The third-order valence-electron chi connectivity index (χ3n) is 4.76. The van der Waals surface area contributed by atoms with Crippen LogP contribution in [0.5, 0.6) is 0 Å². The number of nitrogens with zero attached hydrogens (tertiary/aromatic N) is 1. The maximum absolute atomic E-state index is 12.9. The molecule has 5 nitrogen and oxygen atoms in total. The normalized spacial score (nSPS) is 13.9. The Kier molecular flexibility index (Phi) is 5.53. The van der Waals surface area contributed by atoms with Crippen molar-refractivity contribution in [2.24, 2.45) is 0 Å². The summed E-state index contributed by atoms with van der Waals surface area (Å²) in [5, 5.41) is 1.20. The fourth-order valence-electron chi connectivity index (χ4n) is 3.44. The molecule has 0 saturated heterocycles. The van der Waals surface area contributed by atoms with Gasteiger partial charge in [-0.1, -0.05) is 0 Å². The molecule has 0 unspecified atom stereocenters. The highest BCUT2D eigenvalue weighted by molar-refractivity contribution is 5.99. The van der Waals surface area contributed by atoms with Gasteiger partial charge in [0.05, 0.1) is 13.2 Å². The van der Waals surface area contributed by atoms with Crippen LogP contribution in [0.15, 0.2) is 18.2 Å². The average Bonchev–Trinajstić information content (AvgIpc) is 2.99. The first-order chi connectivity index (χ1) is 11.7. The minimum atomic E-state index is 0.0387. The molecule has 1 aromatic carbocycles. The first-order valence-corrected chi connectivity index (χ1v) is 8.65. The molecule has 1 N–H and O–H groups in total. The summed E-state index contributed by atoms with van der Waals surface area (Å²) < 4.78 is 10.3. The number of amides is 1. The van der Waals surface area contributed by atoms with Crippen LogP contribution < -0.4 is 0 Å². The van der Waals surface area contributed by atoms with Crippen molar-refractivity contribution < 1.29 is 14.3 Å². The van der Waals surface area contributed by atoms with E-state index in [4.69, 9.17) is 9.47 Å². The van der Waals surface area contributed by atoms with Crippen LogP contribution in [0, 0.1) is 0 Å². The first kappa shape index (κ1) is 17.0. The monoisotopic (exact) mass is 330 g/mol. The third-order valence-corrected chi connectivity index (χ3v) is 4.76. The van der Waals surface area contributed by atoms with Gasteiger partial charge in [-0.15, -0.1) is 0 Å². The highest BCUT2D eigenvalue weighted by Crippen LogP contribution is 2.29. The van der Waals surface area contributed by atoms with E-state index in [2.05, 4.69) is 4.98 Å². The fraction of sp³-hybridized carbons (Fsp3) is 0.526. The molecule has 0 spiro atoms. The number of carbonyl (C=O) groups is 1. The molecule has 1 amide bonds. The van der Waals surface area contributed by atoms with Gasteiger partial charge in [0.2, 0.25) is 0 Å². The number of hydrogen-bond acceptors (Lipinski definition) is 3. The molecule has 0 radical (unpaired) electrons. The largest absolute Gasteiger partial charge is 0.383 e. The van der Waals surface area contributed by atoms with Crippen LogP contribution in [0.2, 0.25) is 0 Å². The molecule has 1 aliphatic rings. The zero-order valence-electron chi connectivity index (χ0n) is 14.6. The number of H-pyrrole nitrogens is 1. The number of hydrogen-bond donors (Lipinski definition) is 1. The predicted molar refractivity (Wildman–Crippen MR) is 94.6 cm³/mol. The van der Waals surface area contributed by atoms with Crippen LogP contribution in [-0.4, -0.2) is 56.3 Å². The molecule has 1 aromatic heterocycles. The third kappa shape index (κ3) is 3.47. The summed E-state index contributed by atoms with van der Waals surface area (Å²) >= 11 is 0. The van der Waals surface area contributed by atoms with Gasteiger partial charge in [0, 0.05) is 49.5 Å². The molecular weight excluding hydrogens is 304 g/mol. The van der Waals surface area contributed by atoms with Gasteiger partial charge in [0.25, 0.3) is 5.91 Å². The van der Waals surface area contributed by atoms with Gasteiger partial charge in [-0.25, -0.2) is 0 Å². The summed E-state index contributed by atoms with van der Waals surface area (Å²) in [5.41, 5.74) is 4.61. The number of rotatable bonds is 7. The van der Waals surface area contributed by atoms with Crippen molar-refractivity contribution in [2.45, 2.75) is 25.7 Å². The lowest BCUT2D eigenvalue weighted by Crippen LogP contribution is -2.36. The average molecular weight is 330 g/mol. The second-order valence-electron chi connectivity index (χ2n) is 6.33. The fourth-order valence-corrected chi connectivity index (χ4v) is 3.44. The first-order valence-electron chi connectivity index (χ1n) is 8.65. The second kappa shape index (κ2) is 7.81. The van der Waals surface area contributed by atoms with Gasteiger partial charge in [0.1, 0.15) is 0 Å². The minimum Gasteiger partial charge on any atom is -0.383 e. The molecule has 0 aliphatic heterocycles. The van der Waals surface area contributed by atoms with E-state index in [1.54, 1.807) is 19.1 Å². The zero-order chi connectivity index (χ0) is 16.9. The van der Waals surface area contributed by atoms with Crippen LogP contribution in [0.3, 0.4) is 0 Å². The number of carbonyl (C=O) groups excluding carboxylic acids is 1. The Labute approximate surface area is 142 Å². The predicted octanol–water partition coefficient (Wildman–Crippen LogP) is 2.78. The molecule has 0 bridgehead atoms. The number of benzene rings is 1. The van der Waals surface area contributed by atoms with Gasteiger partial charge >= 0.3 is 0 Å². The number of aromatic amines is 1. The molecule has 0 atom stereocenters.